The summed E-state index contributed by atoms with van der Waals surface area (Å²) in [4.78, 5) is 17.0. The molecule has 1 aromatic carbocycles. The summed E-state index contributed by atoms with van der Waals surface area (Å²) in [6.07, 6.45) is 3.47. The smallest absolute Gasteiger partial charge is 0.229 e. The number of amides is 1. The molecule has 1 aliphatic carbocycles. The third kappa shape index (κ3) is 2.72. The third-order valence-electron chi connectivity index (χ3n) is 4.74. The van der Waals surface area contributed by atoms with Crippen LogP contribution in [0.15, 0.2) is 18.2 Å². The molecule has 1 fully saturated rings. The van der Waals surface area contributed by atoms with E-state index in [1.807, 2.05) is 25.1 Å². The number of nitrogens with zero attached hydrogens (tertiary/aromatic N) is 2. The number of benzene rings is 1. The largest absolute Gasteiger partial charge is 0.307 e. The highest BCUT2D eigenvalue weighted by Crippen LogP contribution is 2.37. The van der Waals surface area contributed by atoms with Gasteiger partial charge in [0.2, 0.25) is 11.9 Å². The molecule has 0 saturated heterocycles. The topological polar surface area (TPSA) is 46.9 Å². The van der Waals surface area contributed by atoms with Gasteiger partial charge in [0.15, 0.2) is 0 Å². The Morgan fingerprint density at radius 3 is 2.68 bits per heavy atom. The molecule has 0 spiro atoms. The van der Waals surface area contributed by atoms with Gasteiger partial charge in [-0.3, -0.25) is 10.1 Å². The first-order valence-electron chi connectivity index (χ1n) is 7.95. The van der Waals surface area contributed by atoms with Gasteiger partial charge in [0.25, 0.3) is 0 Å². The Kier molecular flexibility index (Phi) is 4.13. The second-order valence-corrected chi connectivity index (χ2v) is 6.98. The molecule has 1 heterocycles. The van der Waals surface area contributed by atoms with Gasteiger partial charge in [0.05, 0.1) is 11.0 Å². The zero-order valence-electron chi connectivity index (χ0n) is 13.3. The molecule has 0 bridgehead atoms. The number of imidazole rings is 1. The first-order valence-corrected chi connectivity index (χ1v) is 8.33. The summed E-state index contributed by atoms with van der Waals surface area (Å²) in [5, 5.41) is 3.72. The van der Waals surface area contributed by atoms with E-state index in [1.165, 1.54) is 6.42 Å². The third-order valence-corrected chi connectivity index (χ3v) is 4.98. The van der Waals surface area contributed by atoms with Crippen molar-refractivity contribution in [3.05, 3.63) is 23.2 Å². The number of anilines is 1. The lowest BCUT2D eigenvalue weighted by molar-refractivity contribution is -0.120. The van der Waals surface area contributed by atoms with Gasteiger partial charge in [-0.1, -0.05) is 32.4 Å². The molecule has 4 nitrogen and oxygen atoms in total. The van der Waals surface area contributed by atoms with Gasteiger partial charge in [-0.05, 0) is 43.4 Å². The summed E-state index contributed by atoms with van der Waals surface area (Å²) < 4.78 is 2.15. The Morgan fingerprint density at radius 1 is 1.36 bits per heavy atom. The number of carbonyl (C=O) groups excluding carboxylic acids is 1. The van der Waals surface area contributed by atoms with Gasteiger partial charge in [-0.2, -0.15) is 0 Å². The lowest BCUT2D eigenvalue weighted by atomic mass is 9.92. The van der Waals surface area contributed by atoms with Crippen LogP contribution in [0.25, 0.3) is 11.0 Å². The second-order valence-electron chi connectivity index (χ2n) is 6.55. The Hall–Kier alpha value is -1.55. The van der Waals surface area contributed by atoms with Crippen LogP contribution in [0.5, 0.6) is 0 Å². The number of rotatable bonds is 4. The fraction of sp³-hybridized carbons (Fsp3) is 0.529. The Bertz CT molecular complexity index is 703. The average molecular weight is 320 g/mol. The molecular formula is C17H22ClN3O. The first kappa shape index (κ1) is 15.3. The number of halogens is 1. The van der Waals surface area contributed by atoms with E-state index in [2.05, 4.69) is 28.7 Å². The first-order chi connectivity index (χ1) is 10.5. The number of aromatic nitrogens is 2. The molecule has 2 aromatic rings. The van der Waals surface area contributed by atoms with Crippen LogP contribution in [0.2, 0.25) is 5.02 Å². The molecule has 1 aliphatic rings. The van der Waals surface area contributed by atoms with E-state index in [-0.39, 0.29) is 11.8 Å². The Balaban J connectivity index is 1.99. The summed E-state index contributed by atoms with van der Waals surface area (Å²) in [6.45, 7) is 6.06. The monoisotopic (exact) mass is 319 g/mol. The van der Waals surface area contributed by atoms with Gasteiger partial charge in [-0.25, -0.2) is 4.98 Å². The summed E-state index contributed by atoms with van der Waals surface area (Å²) in [5.74, 6) is 0.936. The molecule has 0 unspecified atom stereocenters. The Morgan fingerprint density at radius 2 is 2.09 bits per heavy atom. The van der Waals surface area contributed by atoms with Crippen molar-refractivity contribution in [3.63, 3.8) is 0 Å². The SMILES string of the molecule is CC(C)[C@H](C)C(=O)Nc1nc2ccc(Cl)cc2n1C1CCC1. The molecule has 1 atom stereocenters. The zero-order valence-corrected chi connectivity index (χ0v) is 14.0. The second kappa shape index (κ2) is 5.92. The highest BCUT2D eigenvalue weighted by Gasteiger charge is 2.26. The molecule has 118 valence electrons. The normalized spacial score (nSPS) is 16.8. The lowest BCUT2D eigenvalue weighted by Gasteiger charge is -2.29. The minimum Gasteiger partial charge on any atom is -0.307 e. The van der Waals surface area contributed by atoms with Gasteiger partial charge in [0, 0.05) is 17.0 Å². The van der Waals surface area contributed by atoms with Crippen LogP contribution in [0.3, 0.4) is 0 Å². The molecule has 0 radical (unpaired) electrons. The van der Waals surface area contributed by atoms with E-state index in [9.17, 15) is 4.79 Å². The van der Waals surface area contributed by atoms with Crippen LogP contribution in [0, 0.1) is 11.8 Å². The van der Waals surface area contributed by atoms with Crippen LogP contribution in [0.4, 0.5) is 5.95 Å². The predicted octanol–water partition coefficient (Wildman–Crippen LogP) is 4.65. The van der Waals surface area contributed by atoms with Crippen molar-refractivity contribution in [3.8, 4) is 0 Å². The Labute approximate surface area is 135 Å². The average Bonchev–Trinajstić information content (AvgIpc) is 2.74. The van der Waals surface area contributed by atoms with E-state index < -0.39 is 0 Å². The number of fused-ring (bicyclic) bond motifs is 1. The van der Waals surface area contributed by atoms with Crippen molar-refractivity contribution in [1.29, 1.82) is 0 Å². The van der Waals surface area contributed by atoms with E-state index in [4.69, 9.17) is 11.6 Å². The van der Waals surface area contributed by atoms with Crippen LogP contribution in [-0.2, 0) is 4.79 Å². The molecule has 5 heteroatoms. The van der Waals surface area contributed by atoms with Crippen molar-refractivity contribution in [2.45, 2.75) is 46.1 Å². The van der Waals surface area contributed by atoms with Crippen molar-refractivity contribution < 1.29 is 4.79 Å². The minimum atomic E-state index is -0.0433. The fourth-order valence-corrected chi connectivity index (χ4v) is 2.86. The maximum atomic E-state index is 12.4. The summed E-state index contributed by atoms with van der Waals surface area (Å²) in [7, 11) is 0. The van der Waals surface area contributed by atoms with Crippen LogP contribution < -0.4 is 5.32 Å². The molecule has 1 aromatic heterocycles. The molecule has 3 rings (SSSR count). The van der Waals surface area contributed by atoms with Gasteiger partial charge in [-0.15, -0.1) is 0 Å². The quantitative estimate of drug-likeness (QED) is 0.892. The van der Waals surface area contributed by atoms with E-state index in [0.29, 0.717) is 22.9 Å². The molecule has 1 saturated carbocycles. The van der Waals surface area contributed by atoms with Crippen molar-refractivity contribution in [1.82, 2.24) is 9.55 Å². The fourth-order valence-electron chi connectivity index (χ4n) is 2.70. The van der Waals surface area contributed by atoms with Crippen LogP contribution in [-0.4, -0.2) is 15.5 Å². The lowest BCUT2D eigenvalue weighted by Crippen LogP contribution is -2.27. The number of hydrogen-bond donors (Lipinski definition) is 1. The summed E-state index contributed by atoms with van der Waals surface area (Å²) in [6, 6.07) is 6.09. The van der Waals surface area contributed by atoms with Gasteiger partial charge < -0.3 is 4.57 Å². The van der Waals surface area contributed by atoms with Crippen molar-refractivity contribution in [2.75, 3.05) is 5.32 Å². The molecule has 1 amide bonds. The summed E-state index contributed by atoms with van der Waals surface area (Å²) in [5.41, 5.74) is 1.88. The van der Waals surface area contributed by atoms with Crippen molar-refractivity contribution >= 4 is 34.5 Å². The molecular weight excluding hydrogens is 298 g/mol. The molecule has 22 heavy (non-hydrogen) atoms. The van der Waals surface area contributed by atoms with Crippen molar-refractivity contribution in [2.24, 2.45) is 11.8 Å². The number of carbonyl (C=O) groups is 1. The number of hydrogen-bond acceptors (Lipinski definition) is 2. The van der Waals surface area contributed by atoms with E-state index in [0.717, 1.165) is 23.9 Å². The molecule has 1 N–H and O–H groups in total. The standard InChI is InChI=1S/C17H22ClN3O/c1-10(2)11(3)16(22)20-17-19-14-8-7-12(18)9-15(14)21(17)13-5-4-6-13/h7-11,13H,4-6H2,1-3H3,(H,19,20,22)/t11-/m0/s1. The maximum absolute atomic E-state index is 12.4. The zero-order chi connectivity index (χ0) is 15.9. The number of nitrogens with one attached hydrogen (secondary N) is 1. The van der Waals surface area contributed by atoms with Crippen LogP contribution in [0.1, 0.15) is 46.1 Å². The highest BCUT2D eigenvalue weighted by molar-refractivity contribution is 6.31. The summed E-state index contributed by atoms with van der Waals surface area (Å²) >= 11 is 6.14. The predicted molar refractivity (Wildman–Crippen MR) is 90.3 cm³/mol. The maximum Gasteiger partial charge on any atom is 0.229 e. The van der Waals surface area contributed by atoms with Gasteiger partial charge >= 0.3 is 0 Å². The highest BCUT2D eigenvalue weighted by atomic mass is 35.5. The van der Waals surface area contributed by atoms with E-state index >= 15 is 0 Å². The van der Waals surface area contributed by atoms with Gasteiger partial charge in [0.1, 0.15) is 0 Å². The van der Waals surface area contributed by atoms with E-state index in [1.54, 1.807) is 0 Å². The van der Waals surface area contributed by atoms with Crippen LogP contribution >= 0.6 is 11.6 Å². The minimum absolute atomic E-state index is 0.0250. The molecule has 0 aliphatic heterocycles.